The Morgan fingerprint density at radius 2 is 2.00 bits per heavy atom. The molecular weight excluding hydrogens is 350 g/mol. The van der Waals surface area contributed by atoms with Crippen LogP contribution in [0.1, 0.15) is 17.8 Å². The number of para-hydroxylation sites is 1. The van der Waals surface area contributed by atoms with Crippen molar-refractivity contribution in [1.29, 1.82) is 0 Å². The standard InChI is InChI=1S/C18H21N5O2S/c1-26(24,25)19-12-15-11-16-13-22(9-4-10-23(16)21-15)18-8-7-14-5-2-3-6-17(14)20-18/h2-3,5-8,11,19H,4,9-10,12-13H2,1H3. The van der Waals surface area contributed by atoms with E-state index in [1.807, 2.05) is 28.9 Å². The van der Waals surface area contributed by atoms with Crippen molar-refractivity contribution < 1.29 is 8.42 Å². The summed E-state index contributed by atoms with van der Waals surface area (Å²) in [6, 6.07) is 14.2. The number of pyridine rings is 1. The number of fused-ring (bicyclic) bond motifs is 2. The number of anilines is 1. The van der Waals surface area contributed by atoms with E-state index in [-0.39, 0.29) is 6.54 Å². The van der Waals surface area contributed by atoms with Gasteiger partial charge in [0.25, 0.3) is 0 Å². The second-order valence-electron chi connectivity index (χ2n) is 6.58. The molecule has 0 amide bonds. The lowest BCUT2D eigenvalue weighted by molar-refractivity contribution is 0.573. The van der Waals surface area contributed by atoms with Gasteiger partial charge in [0, 0.05) is 18.5 Å². The number of rotatable bonds is 4. The molecule has 136 valence electrons. The van der Waals surface area contributed by atoms with Gasteiger partial charge in [0.15, 0.2) is 0 Å². The molecule has 1 aliphatic rings. The van der Waals surface area contributed by atoms with Gasteiger partial charge in [-0.05, 0) is 30.7 Å². The van der Waals surface area contributed by atoms with E-state index in [1.54, 1.807) is 0 Å². The molecule has 0 fully saturated rings. The summed E-state index contributed by atoms with van der Waals surface area (Å²) >= 11 is 0. The molecular formula is C18H21N5O2S. The number of aromatic nitrogens is 3. The third kappa shape index (κ3) is 3.71. The first-order valence-corrected chi connectivity index (χ1v) is 10.5. The molecule has 7 nitrogen and oxygen atoms in total. The Morgan fingerprint density at radius 3 is 2.85 bits per heavy atom. The van der Waals surface area contributed by atoms with Crippen molar-refractivity contribution in [3.8, 4) is 0 Å². The first-order valence-electron chi connectivity index (χ1n) is 8.59. The van der Waals surface area contributed by atoms with E-state index in [0.29, 0.717) is 6.54 Å². The Hall–Kier alpha value is -2.45. The largest absolute Gasteiger partial charge is 0.351 e. The lowest BCUT2D eigenvalue weighted by atomic mass is 10.2. The Balaban J connectivity index is 1.57. The number of nitrogens with zero attached hydrogens (tertiary/aromatic N) is 4. The number of hydrogen-bond acceptors (Lipinski definition) is 5. The number of aryl methyl sites for hydroxylation is 1. The maximum atomic E-state index is 11.3. The van der Waals surface area contributed by atoms with E-state index in [0.717, 1.165) is 53.9 Å². The van der Waals surface area contributed by atoms with Gasteiger partial charge in [-0.15, -0.1) is 0 Å². The van der Waals surface area contributed by atoms with Crippen LogP contribution in [0.25, 0.3) is 10.9 Å². The Morgan fingerprint density at radius 1 is 1.15 bits per heavy atom. The quantitative estimate of drug-likeness (QED) is 0.758. The van der Waals surface area contributed by atoms with Crippen LogP contribution in [0.3, 0.4) is 0 Å². The molecule has 2 aromatic heterocycles. The zero-order valence-corrected chi connectivity index (χ0v) is 15.4. The molecule has 26 heavy (non-hydrogen) atoms. The van der Waals surface area contributed by atoms with Crippen LogP contribution in [-0.4, -0.2) is 36.0 Å². The topological polar surface area (TPSA) is 80.1 Å². The van der Waals surface area contributed by atoms with Crippen molar-refractivity contribution >= 4 is 26.7 Å². The van der Waals surface area contributed by atoms with Crippen LogP contribution in [0.15, 0.2) is 42.5 Å². The van der Waals surface area contributed by atoms with Gasteiger partial charge in [-0.2, -0.15) is 5.10 Å². The van der Waals surface area contributed by atoms with Crippen LogP contribution in [-0.2, 0) is 29.7 Å². The summed E-state index contributed by atoms with van der Waals surface area (Å²) in [4.78, 5) is 7.04. The molecule has 0 radical (unpaired) electrons. The van der Waals surface area contributed by atoms with Gasteiger partial charge in [0.2, 0.25) is 10.0 Å². The normalized spacial score (nSPS) is 15.0. The predicted octanol–water partition coefficient (Wildman–Crippen LogP) is 1.89. The van der Waals surface area contributed by atoms with Crippen LogP contribution in [0.5, 0.6) is 0 Å². The Bertz CT molecular complexity index is 1040. The minimum Gasteiger partial charge on any atom is -0.351 e. The van der Waals surface area contributed by atoms with Crippen molar-refractivity contribution in [1.82, 2.24) is 19.5 Å². The molecule has 1 aromatic carbocycles. The lowest BCUT2D eigenvalue weighted by Gasteiger charge is -2.21. The van der Waals surface area contributed by atoms with E-state index in [1.165, 1.54) is 0 Å². The second-order valence-corrected chi connectivity index (χ2v) is 8.41. The SMILES string of the molecule is CS(=O)(=O)NCc1cc2n(n1)CCCN(c1ccc3ccccc3n1)C2. The van der Waals surface area contributed by atoms with Gasteiger partial charge in [-0.25, -0.2) is 18.1 Å². The summed E-state index contributed by atoms with van der Waals surface area (Å²) in [6.45, 7) is 2.65. The van der Waals surface area contributed by atoms with Gasteiger partial charge >= 0.3 is 0 Å². The van der Waals surface area contributed by atoms with Crippen LogP contribution in [0.4, 0.5) is 5.82 Å². The average molecular weight is 371 g/mol. The summed E-state index contributed by atoms with van der Waals surface area (Å²) < 4.78 is 27.0. The minimum atomic E-state index is -3.23. The molecule has 3 heterocycles. The summed E-state index contributed by atoms with van der Waals surface area (Å²) in [5.74, 6) is 0.953. The first-order chi connectivity index (χ1) is 12.5. The molecule has 0 spiro atoms. The summed E-state index contributed by atoms with van der Waals surface area (Å²) in [7, 11) is -3.23. The van der Waals surface area contributed by atoms with Crippen LogP contribution >= 0.6 is 0 Å². The Labute approximate surface area is 152 Å². The van der Waals surface area contributed by atoms with Gasteiger partial charge in [0.1, 0.15) is 5.82 Å². The van der Waals surface area contributed by atoms with Crippen molar-refractivity contribution in [2.24, 2.45) is 0 Å². The zero-order valence-electron chi connectivity index (χ0n) is 14.6. The molecule has 1 aliphatic heterocycles. The molecule has 0 aliphatic carbocycles. The second kappa shape index (κ2) is 6.69. The van der Waals surface area contributed by atoms with Crippen molar-refractivity contribution in [2.75, 3.05) is 17.7 Å². The number of benzene rings is 1. The molecule has 0 unspecified atom stereocenters. The van der Waals surface area contributed by atoms with E-state index in [2.05, 4.69) is 32.9 Å². The van der Waals surface area contributed by atoms with Crippen LogP contribution in [0, 0.1) is 0 Å². The fraction of sp³-hybridized carbons (Fsp3) is 0.333. The van der Waals surface area contributed by atoms with Gasteiger partial charge in [-0.3, -0.25) is 4.68 Å². The van der Waals surface area contributed by atoms with Crippen LogP contribution < -0.4 is 9.62 Å². The minimum absolute atomic E-state index is 0.215. The fourth-order valence-electron chi connectivity index (χ4n) is 3.24. The fourth-order valence-corrected chi connectivity index (χ4v) is 3.65. The van der Waals surface area contributed by atoms with E-state index < -0.39 is 10.0 Å². The summed E-state index contributed by atoms with van der Waals surface area (Å²) in [6.07, 6.45) is 2.11. The van der Waals surface area contributed by atoms with Gasteiger partial charge in [0.05, 0.1) is 36.2 Å². The third-order valence-electron chi connectivity index (χ3n) is 4.49. The number of nitrogens with one attached hydrogen (secondary N) is 1. The molecule has 0 atom stereocenters. The zero-order chi connectivity index (χ0) is 18.1. The lowest BCUT2D eigenvalue weighted by Crippen LogP contribution is -2.23. The smallest absolute Gasteiger partial charge is 0.209 e. The third-order valence-corrected chi connectivity index (χ3v) is 5.16. The highest BCUT2D eigenvalue weighted by Gasteiger charge is 2.18. The van der Waals surface area contributed by atoms with Crippen molar-refractivity contribution in [3.63, 3.8) is 0 Å². The first kappa shape index (κ1) is 17.0. The van der Waals surface area contributed by atoms with E-state index >= 15 is 0 Å². The van der Waals surface area contributed by atoms with E-state index in [9.17, 15) is 8.42 Å². The Kier molecular flexibility index (Phi) is 4.37. The molecule has 0 bridgehead atoms. The summed E-state index contributed by atoms with van der Waals surface area (Å²) in [5.41, 5.74) is 2.79. The van der Waals surface area contributed by atoms with Gasteiger partial charge < -0.3 is 4.90 Å². The maximum absolute atomic E-state index is 11.3. The number of sulfonamides is 1. The number of hydrogen-bond donors (Lipinski definition) is 1. The predicted molar refractivity (Wildman–Crippen MR) is 101 cm³/mol. The van der Waals surface area contributed by atoms with Gasteiger partial charge in [-0.1, -0.05) is 18.2 Å². The molecule has 8 heteroatoms. The monoisotopic (exact) mass is 371 g/mol. The highest BCUT2D eigenvalue weighted by Crippen LogP contribution is 2.22. The van der Waals surface area contributed by atoms with Crippen molar-refractivity contribution in [3.05, 3.63) is 53.9 Å². The molecule has 0 saturated heterocycles. The van der Waals surface area contributed by atoms with E-state index in [4.69, 9.17) is 4.98 Å². The summed E-state index contributed by atoms with van der Waals surface area (Å²) in [5, 5.41) is 5.66. The molecule has 3 aromatic rings. The van der Waals surface area contributed by atoms with Crippen LogP contribution in [0.2, 0.25) is 0 Å². The molecule has 4 rings (SSSR count). The highest BCUT2D eigenvalue weighted by molar-refractivity contribution is 7.88. The van der Waals surface area contributed by atoms with Crippen molar-refractivity contribution in [2.45, 2.75) is 26.1 Å². The molecule has 0 saturated carbocycles. The molecule has 1 N–H and O–H groups in total. The average Bonchev–Trinajstić information content (AvgIpc) is 2.89. The highest BCUT2D eigenvalue weighted by atomic mass is 32.2. The maximum Gasteiger partial charge on any atom is 0.209 e.